The molecular weight excluding hydrogens is 258 g/mol. The van der Waals surface area contributed by atoms with E-state index in [9.17, 15) is 0 Å². The summed E-state index contributed by atoms with van der Waals surface area (Å²) in [4.78, 5) is 0. The number of hydrogen-bond donors (Lipinski definition) is 1. The van der Waals surface area contributed by atoms with Crippen molar-refractivity contribution in [3.8, 4) is 5.75 Å². The van der Waals surface area contributed by atoms with E-state index in [2.05, 4.69) is 54.4 Å². The molecule has 0 saturated heterocycles. The number of aryl methyl sites for hydroxylation is 1. The molecular formula is C19H23NO. The maximum absolute atomic E-state index is 5.46. The van der Waals surface area contributed by atoms with Gasteiger partial charge in [0.05, 0.1) is 0 Å². The Labute approximate surface area is 127 Å². The monoisotopic (exact) mass is 281 g/mol. The smallest absolute Gasteiger partial charge is 0.119 e. The van der Waals surface area contributed by atoms with E-state index < -0.39 is 0 Å². The molecule has 0 heterocycles. The topological polar surface area (TPSA) is 21.3 Å². The number of hydrogen-bond acceptors (Lipinski definition) is 2. The third kappa shape index (κ3) is 5.84. The highest BCUT2D eigenvalue weighted by atomic mass is 16.5. The van der Waals surface area contributed by atoms with Crippen molar-refractivity contribution in [3.63, 3.8) is 0 Å². The van der Waals surface area contributed by atoms with E-state index in [-0.39, 0.29) is 0 Å². The van der Waals surface area contributed by atoms with Crippen molar-refractivity contribution in [2.75, 3.05) is 13.2 Å². The van der Waals surface area contributed by atoms with E-state index in [1.165, 1.54) is 11.1 Å². The fourth-order valence-electron chi connectivity index (χ4n) is 2.15. The molecule has 0 aliphatic carbocycles. The van der Waals surface area contributed by atoms with Gasteiger partial charge in [-0.05, 0) is 42.6 Å². The summed E-state index contributed by atoms with van der Waals surface area (Å²) in [7, 11) is 0. The Morgan fingerprint density at radius 3 is 2.43 bits per heavy atom. The third-order valence-corrected chi connectivity index (χ3v) is 3.28. The van der Waals surface area contributed by atoms with Crippen LogP contribution in [0.1, 0.15) is 17.5 Å². The van der Waals surface area contributed by atoms with Crippen LogP contribution < -0.4 is 10.1 Å². The molecule has 0 aliphatic rings. The molecule has 0 fully saturated rings. The Bertz CT molecular complexity index is 519. The molecule has 2 aromatic carbocycles. The summed E-state index contributed by atoms with van der Waals surface area (Å²) in [6.45, 7) is 6.12. The van der Waals surface area contributed by atoms with Crippen molar-refractivity contribution < 1.29 is 4.74 Å². The van der Waals surface area contributed by atoms with Crippen molar-refractivity contribution in [3.05, 3.63) is 78.4 Å². The van der Waals surface area contributed by atoms with Gasteiger partial charge < -0.3 is 10.1 Å². The van der Waals surface area contributed by atoms with Gasteiger partial charge in [-0.25, -0.2) is 0 Å². The molecule has 1 N–H and O–H groups in total. The Morgan fingerprint density at radius 1 is 0.952 bits per heavy atom. The molecule has 0 atom stereocenters. The van der Waals surface area contributed by atoms with Crippen LogP contribution in [0.2, 0.25) is 0 Å². The number of nitrogens with one attached hydrogen (secondary N) is 1. The van der Waals surface area contributed by atoms with Gasteiger partial charge in [-0.3, -0.25) is 0 Å². The highest BCUT2D eigenvalue weighted by Gasteiger charge is 1.96. The van der Waals surface area contributed by atoms with E-state index in [1.807, 2.05) is 12.1 Å². The van der Waals surface area contributed by atoms with Gasteiger partial charge in [-0.2, -0.15) is 0 Å². The van der Waals surface area contributed by atoms with Crippen LogP contribution in [0.5, 0.6) is 5.75 Å². The Hall–Kier alpha value is -2.06. The first-order valence-electron chi connectivity index (χ1n) is 7.46. The molecule has 2 heteroatoms. The first kappa shape index (κ1) is 15.3. The van der Waals surface area contributed by atoms with Crippen molar-refractivity contribution in [2.24, 2.45) is 0 Å². The first-order chi connectivity index (χ1) is 10.4. The molecule has 2 aromatic rings. The van der Waals surface area contributed by atoms with E-state index in [0.717, 1.165) is 31.7 Å². The van der Waals surface area contributed by atoms with Crippen LogP contribution >= 0.6 is 0 Å². The lowest BCUT2D eigenvalue weighted by Gasteiger charge is -2.07. The quantitative estimate of drug-likeness (QED) is 0.554. The van der Waals surface area contributed by atoms with E-state index in [0.29, 0.717) is 6.61 Å². The largest absolute Gasteiger partial charge is 0.490 e. The van der Waals surface area contributed by atoms with Crippen LogP contribution in [-0.4, -0.2) is 13.2 Å². The van der Waals surface area contributed by atoms with Gasteiger partial charge in [0.25, 0.3) is 0 Å². The standard InChI is InChI=1S/C19H23NO/c1-2-15-21-19-12-10-18(11-13-19)16-20-14-6-9-17-7-4-3-5-8-17/h2-5,7-8,10-13,20H,1,6,9,14-16H2. The molecule has 0 aliphatic heterocycles. The zero-order valence-corrected chi connectivity index (χ0v) is 12.4. The average molecular weight is 281 g/mol. The highest BCUT2D eigenvalue weighted by Crippen LogP contribution is 2.12. The fourth-order valence-corrected chi connectivity index (χ4v) is 2.15. The SMILES string of the molecule is C=CCOc1ccc(CNCCCc2ccccc2)cc1. The third-order valence-electron chi connectivity index (χ3n) is 3.28. The second-order valence-corrected chi connectivity index (χ2v) is 5.01. The lowest BCUT2D eigenvalue weighted by atomic mass is 10.1. The van der Waals surface area contributed by atoms with Crippen molar-refractivity contribution in [2.45, 2.75) is 19.4 Å². The molecule has 110 valence electrons. The number of benzene rings is 2. The van der Waals surface area contributed by atoms with Crippen LogP contribution in [0.3, 0.4) is 0 Å². The van der Waals surface area contributed by atoms with Crippen LogP contribution in [0, 0.1) is 0 Å². The average Bonchev–Trinajstić information content (AvgIpc) is 2.55. The minimum absolute atomic E-state index is 0.553. The van der Waals surface area contributed by atoms with Gasteiger partial charge in [0.15, 0.2) is 0 Å². The summed E-state index contributed by atoms with van der Waals surface area (Å²) in [5.41, 5.74) is 2.68. The van der Waals surface area contributed by atoms with Crippen LogP contribution in [0.15, 0.2) is 67.3 Å². The van der Waals surface area contributed by atoms with Crippen LogP contribution in [-0.2, 0) is 13.0 Å². The fraction of sp³-hybridized carbons (Fsp3) is 0.263. The van der Waals surface area contributed by atoms with Crippen LogP contribution in [0.4, 0.5) is 0 Å². The van der Waals surface area contributed by atoms with Gasteiger partial charge in [-0.1, -0.05) is 55.1 Å². The molecule has 21 heavy (non-hydrogen) atoms. The zero-order chi connectivity index (χ0) is 14.8. The van der Waals surface area contributed by atoms with Crippen molar-refractivity contribution >= 4 is 0 Å². The normalized spacial score (nSPS) is 10.3. The van der Waals surface area contributed by atoms with E-state index in [1.54, 1.807) is 6.08 Å². The minimum Gasteiger partial charge on any atom is -0.490 e. The molecule has 2 nitrogen and oxygen atoms in total. The van der Waals surface area contributed by atoms with Gasteiger partial charge in [0.1, 0.15) is 12.4 Å². The Kier molecular flexibility index (Phi) is 6.56. The number of rotatable bonds is 9. The Balaban J connectivity index is 1.63. The van der Waals surface area contributed by atoms with E-state index >= 15 is 0 Å². The van der Waals surface area contributed by atoms with E-state index in [4.69, 9.17) is 4.74 Å². The van der Waals surface area contributed by atoms with Crippen molar-refractivity contribution in [1.29, 1.82) is 0 Å². The predicted molar refractivity (Wildman–Crippen MR) is 88.6 cm³/mol. The van der Waals surface area contributed by atoms with Crippen LogP contribution in [0.25, 0.3) is 0 Å². The second-order valence-electron chi connectivity index (χ2n) is 5.01. The molecule has 0 amide bonds. The molecule has 0 unspecified atom stereocenters. The lowest BCUT2D eigenvalue weighted by molar-refractivity contribution is 0.363. The summed E-state index contributed by atoms with van der Waals surface area (Å²) >= 11 is 0. The zero-order valence-electron chi connectivity index (χ0n) is 12.4. The predicted octanol–water partition coefficient (Wildman–Crippen LogP) is 3.97. The maximum atomic E-state index is 5.46. The molecule has 0 bridgehead atoms. The second kappa shape index (κ2) is 8.98. The summed E-state index contributed by atoms with van der Waals surface area (Å²) in [5.74, 6) is 0.891. The highest BCUT2D eigenvalue weighted by molar-refractivity contribution is 5.27. The van der Waals surface area contributed by atoms with Gasteiger partial charge in [0.2, 0.25) is 0 Å². The molecule has 0 spiro atoms. The summed E-state index contributed by atoms with van der Waals surface area (Å²) in [6, 6.07) is 18.8. The molecule has 0 saturated carbocycles. The Morgan fingerprint density at radius 2 is 1.71 bits per heavy atom. The molecule has 0 radical (unpaired) electrons. The maximum Gasteiger partial charge on any atom is 0.119 e. The first-order valence-corrected chi connectivity index (χ1v) is 7.46. The summed E-state index contributed by atoms with van der Waals surface area (Å²) in [5, 5.41) is 3.48. The lowest BCUT2D eigenvalue weighted by Crippen LogP contribution is -2.15. The van der Waals surface area contributed by atoms with Gasteiger partial charge in [0, 0.05) is 6.54 Å². The molecule has 2 rings (SSSR count). The number of ether oxygens (including phenoxy) is 1. The summed E-state index contributed by atoms with van der Waals surface area (Å²) in [6.07, 6.45) is 4.04. The molecule has 0 aromatic heterocycles. The van der Waals surface area contributed by atoms with Gasteiger partial charge in [-0.15, -0.1) is 0 Å². The van der Waals surface area contributed by atoms with Gasteiger partial charge >= 0.3 is 0 Å². The summed E-state index contributed by atoms with van der Waals surface area (Å²) < 4.78 is 5.46. The minimum atomic E-state index is 0.553. The van der Waals surface area contributed by atoms with Crippen molar-refractivity contribution in [1.82, 2.24) is 5.32 Å².